The summed E-state index contributed by atoms with van der Waals surface area (Å²) in [6.45, 7) is 10.8. The maximum Gasteiger partial charge on any atom is 0.234 e. The molecule has 0 aromatic rings. The fourth-order valence-corrected chi connectivity index (χ4v) is 2.04. The van der Waals surface area contributed by atoms with Crippen molar-refractivity contribution in [3.63, 3.8) is 0 Å². The Morgan fingerprint density at radius 1 is 1.29 bits per heavy atom. The molecule has 1 rings (SSSR count). The van der Waals surface area contributed by atoms with E-state index >= 15 is 0 Å². The summed E-state index contributed by atoms with van der Waals surface area (Å²) in [5.74, 6) is 0.981. The van der Waals surface area contributed by atoms with Crippen molar-refractivity contribution >= 4 is 5.91 Å². The molecule has 1 heterocycles. The summed E-state index contributed by atoms with van der Waals surface area (Å²) in [7, 11) is 0. The van der Waals surface area contributed by atoms with Gasteiger partial charge in [0.1, 0.15) is 0 Å². The van der Waals surface area contributed by atoms with Gasteiger partial charge in [-0.15, -0.1) is 0 Å². The lowest BCUT2D eigenvalue weighted by atomic mass is 9.99. The van der Waals surface area contributed by atoms with Gasteiger partial charge in [0, 0.05) is 19.1 Å². The molecular weight excluding hydrogens is 214 g/mol. The molecule has 1 aliphatic heterocycles. The summed E-state index contributed by atoms with van der Waals surface area (Å²) in [5, 5.41) is 6.24. The lowest BCUT2D eigenvalue weighted by Gasteiger charge is -2.29. The van der Waals surface area contributed by atoms with Crippen molar-refractivity contribution in [1.29, 1.82) is 0 Å². The van der Waals surface area contributed by atoms with Crippen LogP contribution in [0.5, 0.6) is 0 Å². The Hall–Kier alpha value is -0.610. The quantitative estimate of drug-likeness (QED) is 0.677. The van der Waals surface area contributed by atoms with E-state index in [1.54, 1.807) is 0 Å². The molecule has 1 fully saturated rings. The average molecular weight is 241 g/mol. The highest BCUT2D eigenvalue weighted by Gasteiger charge is 2.17. The molecule has 0 atom stereocenters. The molecule has 2 N–H and O–H groups in total. The second-order valence-electron chi connectivity index (χ2n) is 5.42. The van der Waals surface area contributed by atoms with Crippen molar-refractivity contribution in [2.24, 2.45) is 5.92 Å². The van der Waals surface area contributed by atoms with Crippen molar-refractivity contribution in [3.05, 3.63) is 0 Å². The molecular formula is C13H27N3O. The Bertz CT molecular complexity index is 223. The van der Waals surface area contributed by atoms with Gasteiger partial charge in [-0.25, -0.2) is 0 Å². The van der Waals surface area contributed by atoms with Gasteiger partial charge < -0.3 is 10.6 Å². The second-order valence-corrected chi connectivity index (χ2v) is 5.42. The first-order valence-corrected chi connectivity index (χ1v) is 6.80. The molecule has 0 aromatic carbocycles. The largest absolute Gasteiger partial charge is 0.354 e. The summed E-state index contributed by atoms with van der Waals surface area (Å²) in [6.07, 6.45) is 2.45. The van der Waals surface area contributed by atoms with Gasteiger partial charge in [0.25, 0.3) is 0 Å². The van der Waals surface area contributed by atoms with E-state index in [0.717, 1.165) is 32.1 Å². The lowest BCUT2D eigenvalue weighted by Crippen LogP contribution is -2.43. The second kappa shape index (κ2) is 7.67. The van der Waals surface area contributed by atoms with E-state index in [1.807, 2.05) is 0 Å². The third-order valence-electron chi connectivity index (χ3n) is 3.24. The molecule has 0 aliphatic carbocycles. The van der Waals surface area contributed by atoms with Crippen LogP contribution in [0.4, 0.5) is 0 Å². The maximum atomic E-state index is 11.7. The highest BCUT2D eigenvalue weighted by molar-refractivity contribution is 5.77. The van der Waals surface area contributed by atoms with E-state index in [9.17, 15) is 4.79 Å². The minimum Gasteiger partial charge on any atom is -0.354 e. The number of piperidine rings is 1. The Morgan fingerprint density at radius 2 is 1.94 bits per heavy atom. The van der Waals surface area contributed by atoms with Gasteiger partial charge in [-0.2, -0.15) is 0 Å². The predicted octanol–water partition coefficient (Wildman–Crippen LogP) is 0.833. The number of likely N-dealkylation sites (tertiary alicyclic amines) is 1. The van der Waals surface area contributed by atoms with Crippen LogP contribution in [0.3, 0.4) is 0 Å². The van der Waals surface area contributed by atoms with Crippen molar-refractivity contribution < 1.29 is 4.79 Å². The number of carbonyl (C=O) groups is 1. The summed E-state index contributed by atoms with van der Waals surface area (Å²) >= 11 is 0. The van der Waals surface area contributed by atoms with Crippen LogP contribution in [0.15, 0.2) is 0 Å². The Labute approximate surface area is 105 Å². The van der Waals surface area contributed by atoms with Crippen LogP contribution in [-0.4, -0.2) is 49.6 Å². The van der Waals surface area contributed by atoms with Crippen molar-refractivity contribution in [2.45, 2.75) is 39.7 Å². The van der Waals surface area contributed by atoms with Gasteiger partial charge >= 0.3 is 0 Å². The number of hydrogen-bond acceptors (Lipinski definition) is 3. The van der Waals surface area contributed by atoms with Crippen molar-refractivity contribution in [3.8, 4) is 0 Å². The highest BCUT2D eigenvalue weighted by atomic mass is 16.2. The van der Waals surface area contributed by atoms with Crippen LogP contribution < -0.4 is 10.6 Å². The molecule has 0 aromatic heterocycles. The number of carbonyl (C=O) groups excluding carboxylic acids is 1. The van der Waals surface area contributed by atoms with E-state index < -0.39 is 0 Å². The normalized spacial score (nSPS) is 18.6. The molecule has 0 unspecified atom stereocenters. The van der Waals surface area contributed by atoms with E-state index in [1.165, 1.54) is 12.8 Å². The third-order valence-corrected chi connectivity index (χ3v) is 3.24. The van der Waals surface area contributed by atoms with E-state index in [4.69, 9.17) is 0 Å². The van der Waals surface area contributed by atoms with Gasteiger partial charge in [0.2, 0.25) is 5.91 Å². The molecule has 0 bridgehead atoms. The smallest absolute Gasteiger partial charge is 0.234 e. The molecule has 0 saturated carbocycles. The van der Waals surface area contributed by atoms with Gasteiger partial charge in [0.15, 0.2) is 0 Å². The van der Waals surface area contributed by atoms with Gasteiger partial charge in [0.05, 0.1) is 6.54 Å². The first-order chi connectivity index (χ1) is 8.08. The zero-order valence-electron chi connectivity index (χ0n) is 11.5. The number of hydrogen-bond donors (Lipinski definition) is 2. The summed E-state index contributed by atoms with van der Waals surface area (Å²) in [5.41, 5.74) is 0. The van der Waals surface area contributed by atoms with Crippen LogP contribution in [0.2, 0.25) is 0 Å². The van der Waals surface area contributed by atoms with E-state index in [-0.39, 0.29) is 5.91 Å². The van der Waals surface area contributed by atoms with Gasteiger partial charge in [-0.1, -0.05) is 20.8 Å². The Kier molecular flexibility index (Phi) is 6.52. The Morgan fingerprint density at radius 3 is 2.53 bits per heavy atom. The summed E-state index contributed by atoms with van der Waals surface area (Å²) < 4.78 is 0. The van der Waals surface area contributed by atoms with Crippen LogP contribution in [0.1, 0.15) is 33.6 Å². The first kappa shape index (κ1) is 14.5. The van der Waals surface area contributed by atoms with Crippen LogP contribution in [0.25, 0.3) is 0 Å². The van der Waals surface area contributed by atoms with Crippen LogP contribution in [0, 0.1) is 5.92 Å². The monoisotopic (exact) mass is 241 g/mol. The zero-order valence-corrected chi connectivity index (χ0v) is 11.5. The lowest BCUT2D eigenvalue weighted by molar-refractivity contribution is -0.122. The van der Waals surface area contributed by atoms with Gasteiger partial charge in [-0.3, -0.25) is 9.69 Å². The third kappa shape index (κ3) is 6.64. The zero-order chi connectivity index (χ0) is 12.7. The Balaban J connectivity index is 2.04. The minimum atomic E-state index is 0.158. The molecule has 4 nitrogen and oxygen atoms in total. The minimum absolute atomic E-state index is 0.158. The van der Waals surface area contributed by atoms with E-state index in [2.05, 4.69) is 36.3 Å². The first-order valence-electron chi connectivity index (χ1n) is 6.80. The maximum absolute atomic E-state index is 11.7. The van der Waals surface area contributed by atoms with E-state index in [0.29, 0.717) is 12.6 Å². The SMILES string of the molecule is CC1CCN(CC(=O)NCCNC(C)C)CC1. The average Bonchev–Trinajstić information content (AvgIpc) is 2.27. The highest BCUT2D eigenvalue weighted by Crippen LogP contribution is 2.15. The fourth-order valence-electron chi connectivity index (χ4n) is 2.04. The fraction of sp³-hybridized carbons (Fsp3) is 0.923. The number of nitrogens with one attached hydrogen (secondary N) is 2. The molecule has 1 saturated heterocycles. The molecule has 1 amide bonds. The number of nitrogens with zero attached hydrogens (tertiary/aromatic N) is 1. The molecule has 0 radical (unpaired) electrons. The summed E-state index contributed by atoms with van der Waals surface area (Å²) in [6, 6.07) is 0.482. The molecule has 17 heavy (non-hydrogen) atoms. The van der Waals surface area contributed by atoms with Crippen molar-refractivity contribution in [1.82, 2.24) is 15.5 Å². The predicted molar refractivity (Wildman–Crippen MR) is 71.0 cm³/mol. The number of rotatable bonds is 6. The molecule has 0 spiro atoms. The molecule has 4 heteroatoms. The molecule has 1 aliphatic rings. The molecule has 100 valence electrons. The summed E-state index contributed by atoms with van der Waals surface area (Å²) in [4.78, 5) is 13.9. The number of amides is 1. The van der Waals surface area contributed by atoms with Crippen molar-refractivity contribution in [2.75, 3.05) is 32.7 Å². The topological polar surface area (TPSA) is 44.4 Å². The van der Waals surface area contributed by atoms with Gasteiger partial charge in [-0.05, 0) is 31.8 Å². The standard InChI is InChI=1S/C13H27N3O/c1-11(2)14-6-7-15-13(17)10-16-8-4-12(3)5-9-16/h11-12,14H,4-10H2,1-3H3,(H,15,17). The van der Waals surface area contributed by atoms with Crippen LogP contribution in [-0.2, 0) is 4.79 Å². The van der Waals surface area contributed by atoms with Crippen LogP contribution >= 0.6 is 0 Å².